The summed E-state index contributed by atoms with van der Waals surface area (Å²) in [6, 6.07) is 9.82. The van der Waals surface area contributed by atoms with Crippen LogP contribution < -0.4 is 21.7 Å². The number of anilines is 1. The number of H-pyrrole nitrogens is 1. The molecule has 0 fully saturated rings. The lowest BCUT2D eigenvalue weighted by Gasteiger charge is -2.19. The SMILES string of the molecule is Cc1cc(/C=C/C#N)cc(Oc2c(C(C)C)c(=O)[nH]c(=O)n2Cc2cc(N)nc(F)c2)c1. The Balaban J connectivity index is 2.18. The molecule has 0 radical (unpaired) electrons. The summed E-state index contributed by atoms with van der Waals surface area (Å²) >= 11 is 0. The monoisotopic (exact) mass is 435 g/mol. The second-order valence-electron chi connectivity index (χ2n) is 7.59. The highest BCUT2D eigenvalue weighted by molar-refractivity contribution is 5.55. The van der Waals surface area contributed by atoms with Gasteiger partial charge in [-0.05, 0) is 59.9 Å². The van der Waals surface area contributed by atoms with Crippen LogP contribution in [0.4, 0.5) is 10.2 Å². The average Bonchev–Trinajstić information content (AvgIpc) is 2.67. The highest BCUT2D eigenvalue weighted by Crippen LogP contribution is 2.29. The normalized spacial score (nSPS) is 11.1. The van der Waals surface area contributed by atoms with Gasteiger partial charge in [0.25, 0.3) is 5.56 Å². The summed E-state index contributed by atoms with van der Waals surface area (Å²) in [5.41, 5.74) is 6.58. The van der Waals surface area contributed by atoms with E-state index in [4.69, 9.17) is 15.7 Å². The fourth-order valence-corrected chi connectivity index (χ4v) is 3.35. The van der Waals surface area contributed by atoms with E-state index >= 15 is 0 Å². The fourth-order valence-electron chi connectivity index (χ4n) is 3.35. The molecule has 0 amide bonds. The number of rotatable bonds is 6. The van der Waals surface area contributed by atoms with Crippen molar-refractivity contribution in [1.82, 2.24) is 14.5 Å². The number of nitrogens with one attached hydrogen (secondary N) is 1. The average molecular weight is 435 g/mol. The van der Waals surface area contributed by atoms with Crippen molar-refractivity contribution < 1.29 is 9.13 Å². The number of nitrogen functional groups attached to an aromatic ring is 1. The Hall–Kier alpha value is -4.19. The number of hydrogen-bond acceptors (Lipinski definition) is 6. The van der Waals surface area contributed by atoms with Gasteiger partial charge in [0, 0.05) is 6.08 Å². The van der Waals surface area contributed by atoms with Crippen LogP contribution in [0.3, 0.4) is 0 Å². The smallest absolute Gasteiger partial charge is 0.331 e. The first-order valence-electron chi connectivity index (χ1n) is 9.82. The van der Waals surface area contributed by atoms with Crippen LogP contribution in [-0.2, 0) is 6.54 Å². The molecule has 1 aromatic carbocycles. The predicted molar refractivity (Wildman–Crippen MR) is 119 cm³/mol. The molecule has 0 aliphatic rings. The highest BCUT2D eigenvalue weighted by Gasteiger charge is 2.21. The Labute approximate surface area is 183 Å². The zero-order chi connectivity index (χ0) is 23.4. The number of allylic oxidation sites excluding steroid dienone is 1. The summed E-state index contributed by atoms with van der Waals surface area (Å²) in [6.07, 6.45) is 2.96. The van der Waals surface area contributed by atoms with Gasteiger partial charge in [0.15, 0.2) is 0 Å². The van der Waals surface area contributed by atoms with Crippen LogP contribution in [0.5, 0.6) is 11.6 Å². The van der Waals surface area contributed by atoms with Crippen LogP contribution in [0, 0.1) is 24.2 Å². The second-order valence-corrected chi connectivity index (χ2v) is 7.59. The van der Waals surface area contributed by atoms with Gasteiger partial charge in [-0.25, -0.2) is 9.78 Å². The van der Waals surface area contributed by atoms with Gasteiger partial charge in [-0.1, -0.05) is 19.9 Å². The summed E-state index contributed by atoms with van der Waals surface area (Å²) < 4.78 is 21.0. The molecule has 3 N–H and O–H groups in total. The third kappa shape index (κ3) is 5.10. The maximum absolute atomic E-state index is 13.7. The van der Waals surface area contributed by atoms with Gasteiger partial charge in [-0.2, -0.15) is 9.65 Å². The highest BCUT2D eigenvalue weighted by atomic mass is 19.1. The molecule has 3 rings (SSSR count). The number of pyridine rings is 1. The van der Waals surface area contributed by atoms with Crippen LogP contribution in [0.15, 0.2) is 46.0 Å². The van der Waals surface area contributed by atoms with Crippen LogP contribution in [0.25, 0.3) is 6.08 Å². The first-order chi connectivity index (χ1) is 15.2. The molecule has 0 aliphatic carbocycles. The van der Waals surface area contributed by atoms with Crippen molar-refractivity contribution in [3.05, 3.63) is 85.4 Å². The summed E-state index contributed by atoms with van der Waals surface area (Å²) in [7, 11) is 0. The van der Waals surface area contributed by atoms with E-state index in [0.717, 1.165) is 17.2 Å². The van der Waals surface area contributed by atoms with Crippen LogP contribution >= 0.6 is 0 Å². The first kappa shape index (κ1) is 22.5. The van der Waals surface area contributed by atoms with Crippen molar-refractivity contribution in [1.29, 1.82) is 5.26 Å². The van der Waals surface area contributed by atoms with E-state index < -0.39 is 17.2 Å². The molecule has 8 nitrogen and oxygen atoms in total. The molecule has 0 saturated heterocycles. The van der Waals surface area contributed by atoms with E-state index in [2.05, 4.69) is 9.97 Å². The van der Waals surface area contributed by atoms with E-state index in [1.807, 2.05) is 19.1 Å². The minimum absolute atomic E-state index is 0.0309. The molecule has 2 heterocycles. The summed E-state index contributed by atoms with van der Waals surface area (Å²) in [5.74, 6) is -0.662. The number of aryl methyl sites for hydroxylation is 1. The van der Waals surface area contributed by atoms with Gasteiger partial charge >= 0.3 is 5.69 Å². The molecule has 164 valence electrons. The standard InChI is InChI=1S/C23H22FN5O3/c1-13(2)20-21(30)28-23(31)29(12-16-10-18(24)27-19(26)11-16)22(20)32-17-8-14(3)7-15(9-17)5-4-6-25/h4-5,7-11,13H,12H2,1-3H3,(H2,26,27)(H,28,30,31)/b5-4+. The molecular weight excluding hydrogens is 413 g/mol. The van der Waals surface area contributed by atoms with Crippen molar-refractivity contribution in [2.24, 2.45) is 0 Å². The topological polar surface area (TPSA) is 127 Å². The summed E-state index contributed by atoms with van der Waals surface area (Å²) in [6.45, 7) is 5.36. The molecule has 2 aromatic heterocycles. The molecule has 9 heteroatoms. The zero-order valence-electron chi connectivity index (χ0n) is 17.8. The van der Waals surface area contributed by atoms with Crippen molar-refractivity contribution >= 4 is 11.9 Å². The van der Waals surface area contributed by atoms with Crippen molar-refractivity contribution in [2.45, 2.75) is 33.2 Å². The van der Waals surface area contributed by atoms with E-state index in [-0.39, 0.29) is 29.7 Å². The first-order valence-corrected chi connectivity index (χ1v) is 9.82. The summed E-state index contributed by atoms with van der Waals surface area (Å²) in [4.78, 5) is 31.1. The number of aromatic nitrogens is 3. The predicted octanol–water partition coefficient (Wildman–Crippen LogP) is 3.46. The number of nitrogens with two attached hydrogens (primary N) is 1. The summed E-state index contributed by atoms with van der Waals surface area (Å²) in [5, 5.41) is 8.79. The number of hydrogen-bond donors (Lipinski definition) is 2. The van der Waals surface area contributed by atoms with Gasteiger partial charge in [0.05, 0.1) is 18.2 Å². The van der Waals surface area contributed by atoms with Crippen LogP contribution in [-0.4, -0.2) is 14.5 Å². The van der Waals surface area contributed by atoms with Crippen LogP contribution in [0.1, 0.15) is 42.0 Å². The molecule has 0 saturated carbocycles. The molecular formula is C23H22FN5O3. The molecule has 3 aromatic rings. The fraction of sp³-hybridized carbons (Fsp3) is 0.217. The van der Waals surface area contributed by atoms with Crippen LogP contribution in [0.2, 0.25) is 0 Å². The molecule has 0 bridgehead atoms. The third-order valence-corrected chi connectivity index (χ3v) is 4.62. The number of ether oxygens (including phenoxy) is 1. The number of nitriles is 1. The van der Waals surface area contributed by atoms with Crippen molar-refractivity contribution in [2.75, 3.05) is 5.73 Å². The number of aromatic amines is 1. The Morgan fingerprint density at radius 2 is 2.03 bits per heavy atom. The lowest BCUT2D eigenvalue weighted by molar-refractivity contribution is 0.410. The van der Waals surface area contributed by atoms with Gasteiger partial charge in [-0.15, -0.1) is 0 Å². The number of halogens is 1. The molecule has 0 spiro atoms. The van der Waals surface area contributed by atoms with E-state index in [9.17, 15) is 14.0 Å². The lowest BCUT2D eigenvalue weighted by atomic mass is 10.1. The van der Waals surface area contributed by atoms with E-state index in [1.54, 1.807) is 32.1 Å². The third-order valence-electron chi connectivity index (χ3n) is 4.62. The Bertz CT molecular complexity index is 1330. The van der Waals surface area contributed by atoms with E-state index in [1.165, 1.54) is 16.7 Å². The zero-order valence-corrected chi connectivity index (χ0v) is 17.8. The Kier molecular flexibility index (Phi) is 6.54. The second kappa shape index (κ2) is 9.31. The Morgan fingerprint density at radius 3 is 2.69 bits per heavy atom. The van der Waals surface area contributed by atoms with Crippen molar-refractivity contribution in [3.63, 3.8) is 0 Å². The maximum Gasteiger partial charge on any atom is 0.331 e. The maximum atomic E-state index is 13.7. The van der Waals surface area contributed by atoms with Gasteiger partial charge in [-0.3, -0.25) is 14.3 Å². The van der Waals surface area contributed by atoms with Crippen molar-refractivity contribution in [3.8, 4) is 17.7 Å². The van der Waals surface area contributed by atoms with E-state index in [0.29, 0.717) is 11.3 Å². The Morgan fingerprint density at radius 1 is 1.28 bits per heavy atom. The quantitative estimate of drug-likeness (QED) is 0.451. The molecule has 0 unspecified atom stereocenters. The largest absolute Gasteiger partial charge is 0.440 e. The number of nitrogens with zero attached hydrogens (tertiary/aromatic N) is 3. The molecule has 32 heavy (non-hydrogen) atoms. The minimum atomic E-state index is -0.781. The van der Waals surface area contributed by atoms with Gasteiger partial charge < -0.3 is 10.5 Å². The van der Waals surface area contributed by atoms with Gasteiger partial charge in [0.1, 0.15) is 11.6 Å². The molecule has 0 aliphatic heterocycles. The number of benzene rings is 1. The lowest BCUT2D eigenvalue weighted by Crippen LogP contribution is -2.34. The minimum Gasteiger partial charge on any atom is -0.440 e. The van der Waals surface area contributed by atoms with Gasteiger partial charge in [0.2, 0.25) is 11.8 Å². The molecule has 0 atom stereocenters.